The van der Waals surface area contributed by atoms with Crippen molar-refractivity contribution in [1.82, 2.24) is 9.97 Å². The molecule has 0 aromatic carbocycles. The number of piperidine rings is 1. The van der Waals surface area contributed by atoms with Gasteiger partial charge in [0.25, 0.3) is 0 Å². The Morgan fingerprint density at radius 2 is 2.32 bits per heavy atom. The number of carbonyl (C=O) groups is 1. The number of esters is 1. The van der Waals surface area contributed by atoms with Crippen LogP contribution in [-0.2, 0) is 9.53 Å². The summed E-state index contributed by atoms with van der Waals surface area (Å²) < 4.78 is 4.73. The summed E-state index contributed by atoms with van der Waals surface area (Å²) in [5.74, 6) is 1.05. The van der Waals surface area contributed by atoms with Crippen LogP contribution >= 0.6 is 0 Å². The van der Waals surface area contributed by atoms with Crippen molar-refractivity contribution < 1.29 is 9.53 Å². The lowest BCUT2D eigenvalue weighted by Crippen LogP contribution is -2.35. The molecular weight excluding hydrogens is 280 g/mol. The van der Waals surface area contributed by atoms with E-state index in [1.807, 2.05) is 12.1 Å². The number of nitrogens with one attached hydrogen (secondary N) is 1. The Kier molecular flexibility index (Phi) is 3.96. The molecule has 0 amide bonds. The zero-order chi connectivity index (χ0) is 15.5. The predicted octanol–water partition coefficient (Wildman–Crippen LogP) is 2.21. The number of aromatic nitrogens is 2. The van der Waals surface area contributed by atoms with Gasteiger partial charge in [-0.2, -0.15) is 5.26 Å². The molecule has 1 saturated heterocycles. The molecule has 1 fully saturated rings. The van der Waals surface area contributed by atoms with E-state index in [0.717, 1.165) is 42.8 Å². The molecule has 114 valence electrons. The minimum Gasteiger partial charge on any atom is -0.469 e. The first-order valence-electron chi connectivity index (χ1n) is 7.41. The van der Waals surface area contributed by atoms with Crippen molar-refractivity contribution in [1.29, 1.82) is 5.26 Å². The van der Waals surface area contributed by atoms with Gasteiger partial charge < -0.3 is 14.6 Å². The maximum atomic E-state index is 11.4. The van der Waals surface area contributed by atoms with Crippen LogP contribution in [0.1, 0.15) is 24.8 Å². The Balaban J connectivity index is 1.77. The summed E-state index contributed by atoms with van der Waals surface area (Å²) in [4.78, 5) is 21.1. The molecule has 6 heteroatoms. The minimum atomic E-state index is -0.147. The number of hydrogen-bond donors (Lipinski definition) is 1. The predicted molar refractivity (Wildman–Crippen MR) is 82.4 cm³/mol. The Hall–Kier alpha value is -2.55. The van der Waals surface area contributed by atoms with Crippen LogP contribution in [0.15, 0.2) is 18.3 Å². The standard InChI is InChI=1S/C16H18N4O2/c1-22-14(21)9-11-4-7-20(8-5-11)16-12(10-17)15-13(19-16)3-2-6-18-15/h2-3,6,11,19H,4-5,7-9H2,1H3. The first-order valence-corrected chi connectivity index (χ1v) is 7.41. The van der Waals surface area contributed by atoms with Crippen molar-refractivity contribution in [2.45, 2.75) is 19.3 Å². The summed E-state index contributed by atoms with van der Waals surface area (Å²) in [5.41, 5.74) is 2.20. The smallest absolute Gasteiger partial charge is 0.305 e. The van der Waals surface area contributed by atoms with Gasteiger partial charge in [-0.05, 0) is 30.9 Å². The van der Waals surface area contributed by atoms with Crippen LogP contribution in [-0.4, -0.2) is 36.1 Å². The number of nitrogens with zero attached hydrogens (tertiary/aromatic N) is 3. The summed E-state index contributed by atoms with van der Waals surface area (Å²) >= 11 is 0. The molecule has 0 aliphatic carbocycles. The molecule has 2 aromatic heterocycles. The quantitative estimate of drug-likeness (QED) is 0.879. The molecule has 3 rings (SSSR count). The maximum Gasteiger partial charge on any atom is 0.305 e. The van der Waals surface area contributed by atoms with E-state index >= 15 is 0 Å². The van der Waals surface area contributed by atoms with E-state index in [0.29, 0.717) is 17.9 Å². The monoisotopic (exact) mass is 298 g/mol. The summed E-state index contributed by atoms with van der Waals surface area (Å²) in [6, 6.07) is 6.04. The second-order valence-electron chi connectivity index (χ2n) is 5.57. The second-order valence-corrected chi connectivity index (χ2v) is 5.57. The average molecular weight is 298 g/mol. The number of fused-ring (bicyclic) bond motifs is 1. The highest BCUT2D eigenvalue weighted by molar-refractivity contribution is 5.88. The molecule has 3 heterocycles. The molecule has 1 aliphatic heterocycles. The van der Waals surface area contributed by atoms with Gasteiger partial charge in [-0.1, -0.05) is 0 Å². The highest BCUT2D eigenvalue weighted by Crippen LogP contribution is 2.30. The Morgan fingerprint density at radius 3 is 3.00 bits per heavy atom. The van der Waals surface area contributed by atoms with Gasteiger partial charge in [-0.25, -0.2) is 0 Å². The molecule has 0 bridgehead atoms. The lowest BCUT2D eigenvalue weighted by molar-refractivity contribution is -0.141. The minimum absolute atomic E-state index is 0.147. The number of nitriles is 1. The fraction of sp³-hybridized carbons (Fsp3) is 0.438. The molecule has 2 aromatic rings. The highest BCUT2D eigenvalue weighted by Gasteiger charge is 2.25. The summed E-state index contributed by atoms with van der Waals surface area (Å²) in [7, 11) is 1.42. The van der Waals surface area contributed by atoms with Gasteiger partial charge in [0.1, 0.15) is 23.0 Å². The van der Waals surface area contributed by atoms with Crippen molar-refractivity contribution in [2.75, 3.05) is 25.1 Å². The SMILES string of the molecule is COC(=O)CC1CCN(c2[nH]c3cccnc3c2C#N)CC1. The molecule has 0 atom stereocenters. The van der Waals surface area contributed by atoms with Crippen molar-refractivity contribution in [3.63, 3.8) is 0 Å². The van der Waals surface area contributed by atoms with Crippen molar-refractivity contribution >= 4 is 22.8 Å². The van der Waals surface area contributed by atoms with Crippen molar-refractivity contribution in [2.24, 2.45) is 5.92 Å². The fourth-order valence-corrected chi connectivity index (χ4v) is 3.03. The van der Waals surface area contributed by atoms with E-state index < -0.39 is 0 Å². The van der Waals surface area contributed by atoms with Gasteiger partial charge in [0.05, 0.1) is 12.6 Å². The van der Waals surface area contributed by atoms with Crippen LogP contribution in [0.2, 0.25) is 0 Å². The average Bonchev–Trinajstić information content (AvgIpc) is 2.94. The molecule has 22 heavy (non-hydrogen) atoms. The number of anilines is 1. The number of pyridine rings is 1. The third kappa shape index (κ3) is 2.62. The summed E-state index contributed by atoms with van der Waals surface area (Å²) in [5, 5.41) is 9.44. The number of rotatable bonds is 3. The normalized spacial score (nSPS) is 15.7. The van der Waals surface area contributed by atoms with E-state index in [4.69, 9.17) is 4.74 Å². The number of hydrogen-bond acceptors (Lipinski definition) is 5. The molecule has 0 saturated carbocycles. The fourth-order valence-electron chi connectivity index (χ4n) is 3.03. The lowest BCUT2D eigenvalue weighted by atomic mass is 9.93. The number of aromatic amines is 1. The molecule has 1 aliphatic rings. The van der Waals surface area contributed by atoms with Gasteiger partial charge in [0.15, 0.2) is 0 Å². The maximum absolute atomic E-state index is 11.4. The van der Waals surface area contributed by atoms with E-state index in [1.54, 1.807) is 6.20 Å². The van der Waals surface area contributed by atoms with Crippen molar-refractivity contribution in [3.8, 4) is 6.07 Å². The Labute approximate surface area is 128 Å². The van der Waals surface area contributed by atoms with E-state index in [9.17, 15) is 10.1 Å². The van der Waals surface area contributed by atoms with E-state index in [2.05, 4.69) is 20.9 Å². The van der Waals surface area contributed by atoms with Crippen LogP contribution in [0.3, 0.4) is 0 Å². The van der Waals surface area contributed by atoms with E-state index in [1.165, 1.54) is 7.11 Å². The number of H-pyrrole nitrogens is 1. The third-order valence-electron chi connectivity index (χ3n) is 4.26. The number of carbonyl (C=O) groups excluding carboxylic acids is 1. The zero-order valence-electron chi connectivity index (χ0n) is 12.5. The van der Waals surface area contributed by atoms with E-state index in [-0.39, 0.29) is 5.97 Å². The molecule has 1 N–H and O–H groups in total. The lowest BCUT2D eigenvalue weighted by Gasteiger charge is -2.32. The topological polar surface area (TPSA) is 82.0 Å². The first-order chi connectivity index (χ1) is 10.7. The Morgan fingerprint density at radius 1 is 1.55 bits per heavy atom. The van der Waals surface area contributed by atoms with Gasteiger partial charge in [-0.3, -0.25) is 9.78 Å². The first kappa shape index (κ1) is 14.4. The molecule has 0 radical (unpaired) electrons. The second kappa shape index (κ2) is 6.06. The van der Waals surface area contributed by atoms with Crippen LogP contribution < -0.4 is 4.90 Å². The molecule has 6 nitrogen and oxygen atoms in total. The van der Waals surface area contributed by atoms with Crippen molar-refractivity contribution in [3.05, 3.63) is 23.9 Å². The van der Waals surface area contributed by atoms with Crippen LogP contribution in [0, 0.1) is 17.2 Å². The van der Waals surface area contributed by atoms with Crippen LogP contribution in [0.5, 0.6) is 0 Å². The van der Waals surface area contributed by atoms with Crippen LogP contribution in [0.25, 0.3) is 11.0 Å². The van der Waals surface area contributed by atoms with Gasteiger partial charge >= 0.3 is 5.97 Å². The third-order valence-corrected chi connectivity index (χ3v) is 4.26. The van der Waals surface area contributed by atoms with Gasteiger partial charge in [-0.15, -0.1) is 0 Å². The number of methoxy groups -OCH3 is 1. The molecule has 0 spiro atoms. The van der Waals surface area contributed by atoms with Crippen LogP contribution in [0.4, 0.5) is 5.82 Å². The van der Waals surface area contributed by atoms with Gasteiger partial charge in [0.2, 0.25) is 0 Å². The summed E-state index contributed by atoms with van der Waals surface area (Å²) in [6.45, 7) is 1.65. The number of ether oxygens (including phenoxy) is 1. The zero-order valence-corrected chi connectivity index (χ0v) is 12.5. The van der Waals surface area contributed by atoms with Gasteiger partial charge in [0, 0.05) is 25.7 Å². The highest BCUT2D eigenvalue weighted by atomic mass is 16.5. The summed E-state index contributed by atoms with van der Waals surface area (Å²) in [6.07, 6.45) is 4.01. The molecular formula is C16H18N4O2. The largest absolute Gasteiger partial charge is 0.469 e. The molecule has 0 unspecified atom stereocenters. The Bertz CT molecular complexity index is 723.